The highest BCUT2D eigenvalue weighted by atomic mass is 19.1. The monoisotopic (exact) mass is 354 g/mol. The molecule has 2 aliphatic rings. The lowest BCUT2D eigenvalue weighted by Crippen LogP contribution is -2.39. The summed E-state index contributed by atoms with van der Waals surface area (Å²) in [5.74, 6) is 0.729. The summed E-state index contributed by atoms with van der Waals surface area (Å²) < 4.78 is 14.1. The van der Waals surface area contributed by atoms with Crippen LogP contribution in [0.25, 0.3) is 0 Å². The van der Waals surface area contributed by atoms with E-state index in [4.69, 9.17) is 0 Å². The lowest BCUT2D eigenvalue weighted by molar-refractivity contribution is 0.0740. The highest BCUT2D eigenvalue weighted by molar-refractivity contribution is 5.99. The van der Waals surface area contributed by atoms with Crippen LogP contribution in [-0.4, -0.2) is 46.5 Å². The molecule has 4 rings (SSSR count). The van der Waals surface area contributed by atoms with Crippen LogP contribution in [0.4, 0.5) is 16.2 Å². The summed E-state index contributed by atoms with van der Waals surface area (Å²) in [6.07, 6.45) is 3.64. The number of nitrogens with one attached hydrogen (secondary N) is 1. The van der Waals surface area contributed by atoms with Crippen LogP contribution >= 0.6 is 0 Å². The van der Waals surface area contributed by atoms with E-state index < -0.39 is 0 Å². The van der Waals surface area contributed by atoms with Gasteiger partial charge in [-0.3, -0.25) is 4.79 Å². The van der Waals surface area contributed by atoms with Crippen molar-refractivity contribution in [3.63, 3.8) is 0 Å². The van der Waals surface area contributed by atoms with Crippen molar-refractivity contribution < 1.29 is 9.18 Å². The van der Waals surface area contributed by atoms with Crippen molar-refractivity contribution in [2.24, 2.45) is 0 Å². The molecule has 1 aromatic heterocycles. The van der Waals surface area contributed by atoms with E-state index in [0.29, 0.717) is 36.0 Å². The fourth-order valence-corrected chi connectivity index (χ4v) is 3.71. The van der Waals surface area contributed by atoms with Gasteiger partial charge in [0.2, 0.25) is 5.95 Å². The molecule has 0 spiro atoms. The molecule has 6 nitrogen and oxygen atoms in total. The summed E-state index contributed by atoms with van der Waals surface area (Å²) in [4.78, 5) is 25.9. The molecule has 1 fully saturated rings. The van der Waals surface area contributed by atoms with Crippen LogP contribution < -0.4 is 10.2 Å². The predicted octanol–water partition coefficient (Wildman–Crippen LogP) is 2.47. The first kappa shape index (κ1) is 16.8. The third-order valence-corrected chi connectivity index (χ3v) is 4.96. The third kappa shape index (κ3) is 2.98. The topological polar surface area (TPSA) is 61.4 Å². The summed E-state index contributed by atoms with van der Waals surface area (Å²) in [6, 6.07) is 7.56. The second-order valence-electron chi connectivity index (χ2n) is 6.65. The van der Waals surface area contributed by atoms with E-state index in [2.05, 4.69) is 26.3 Å². The Balaban J connectivity index is 1.71. The average Bonchev–Trinajstić information content (AvgIpc) is 3.07. The van der Waals surface area contributed by atoms with E-state index in [-0.39, 0.29) is 24.3 Å². The van der Waals surface area contributed by atoms with Crippen LogP contribution in [0.1, 0.15) is 35.7 Å². The van der Waals surface area contributed by atoms with Gasteiger partial charge in [-0.1, -0.05) is 12.1 Å². The molecule has 2 aromatic rings. The second kappa shape index (κ2) is 6.90. The molecule has 1 aromatic carbocycles. The second-order valence-corrected chi connectivity index (χ2v) is 6.65. The Kier molecular flexibility index (Phi) is 4.44. The normalized spacial score (nSPS) is 19.2. The van der Waals surface area contributed by atoms with Crippen LogP contribution in [0.2, 0.25) is 0 Å². The van der Waals surface area contributed by atoms with Crippen LogP contribution in [0.3, 0.4) is 0 Å². The molecule has 1 amide bonds. The Morgan fingerprint density at radius 2 is 2.35 bits per heavy atom. The molecular formula is C19H21FN5O. The molecule has 3 heterocycles. The summed E-state index contributed by atoms with van der Waals surface area (Å²) in [6.45, 7) is 4.36. The van der Waals surface area contributed by atoms with Gasteiger partial charge in [-0.25, -0.2) is 9.37 Å². The molecule has 0 bridgehead atoms. The van der Waals surface area contributed by atoms with Crippen molar-refractivity contribution in [2.45, 2.75) is 32.4 Å². The van der Waals surface area contributed by atoms with Gasteiger partial charge in [0, 0.05) is 44.0 Å². The molecule has 135 valence electrons. The minimum atomic E-state index is -0.341. The molecule has 1 N–H and O–H groups in total. The summed E-state index contributed by atoms with van der Waals surface area (Å²) in [5, 5.41) is 3.10. The van der Waals surface area contributed by atoms with Crippen LogP contribution in [-0.2, 0) is 6.54 Å². The predicted molar refractivity (Wildman–Crippen MR) is 96.5 cm³/mol. The standard InChI is InChI=1S/C19H21FN5O/c1-2-21-19-22-10-15-17(23-19)25-9-5-7-14(25)12-24(18(15)26)11-13-6-3-4-8-16(13)20/h3,6,8,10,14H,2,5,7,9,11-12H2,1H3,(H,21,22,23). The van der Waals surface area contributed by atoms with E-state index >= 15 is 0 Å². The summed E-state index contributed by atoms with van der Waals surface area (Å²) >= 11 is 0. The first-order chi connectivity index (χ1) is 12.7. The fourth-order valence-electron chi connectivity index (χ4n) is 3.71. The lowest BCUT2D eigenvalue weighted by atomic mass is 10.1. The number of benzene rings is 1. The van der Waals surface area contributed by atoms with E-state index in [1.165, 1.54) is 6.07 Å². The number of carbonyl (C=O) groups excluding carboxylic acids is 1. The molecule has 1 radical (unpaired) electrons. The van der Waals surface area contributed by atoms with E-state index in [1.54, 1.807) is 23.2 Å². The van der Waals surface area contributed by atoms with Crippen molar-refractivity contribution in [3.8, 4) is 0 Å². The van der Waals surface area contributed by atoms with Gasteiger partial charge in [0.25, 0.3) is 5.91 Å². The van der Waals surface area contributed by atoms with Crippen LogP contribution in [0.5, 0.6) is 0 Å². The number of carbonyl (C=O) groups is 1. The number of halogens is 1. The Hall–Kier alpha value is -2.70. The minimum Gasteiger partial charge on any atom is -0.354 e. The number of amides is 1. The zero-order valence-electron chi connectivity index (χ0n) is 14.7. The smallest absolute Gasteiger partial charge is 0.259 e. The molecule has 1 atom stereocenters. The highest BCUT2D eigenvalue weighted by Crippen LogP contribution is 2.32. The molecule has 0 aliphatic carbocycles. The third-order valence-electron chi connectivity index (χ3n) is 4.96. The number of anilines is 2. The van der Waals surface area contributed by atoms with Gasteiger partial charge in [0.15, 0.2) is 0 Å². The maximum atomic E-state index is 14.1. The largest absolute Gasteiger partial charge is 0.354 e. The van der Waals surface area contributed by atoms with Gasteiger partial charge < -0.3 is 15.1 Å². The number of nitrogens with zero attached hydrogens (tertiary/aromatic N) is 4. The van der Waals surface area contributed by atoms with Crippen molar-refractivity contribution in [3.05, 3.63) is 47.4 Å². The maximum Gasteiger partial charge on any atom is 0.259 e. The fraction of sp³-hybridized carbons (Fsp3) is 0.421. The van der Waals surface area contributed by atoms with Gasteiger partial charge in [0.1, 0.15) is 17.2 Å². The molecule has 1 saturated heterocycles. The number of hydrogen-bond donors (Lipinski definition) is 1. The van der Waals surface area contributed by atoms with Crippen molar-refractivity contribution in [1.82, 2.24) is 14.9 Å². The van der Waals surface area contributed by atoms with Crippen molar-refractivity contribution in [2.75, 3.05) is 29.9 Å². The zero-order valence-corrected chi connectivity index (χ0v) is 14.7. The van der Waals surface area contributed by atoms with E-state index in [0.717, 1.165) is 19.4 Å². The lowest BCUT2D eigenvalue weighted by Gasteiger charge is -2.27. The Morgan fingerprint density at radius 3 is 3.15 bits per heavy atom. The molecular weight excluding hydrogens is 333 g/mol. The first-order valence-electron chi connectivity index (χ1n) is 8.98. The zero-order chi connectivity index (χ0) is 18.1. The number of hydrogen-bond acceptors (Lipinski definition) is 5. The average molecular weight is 354 g/mol. The van der Waals surface area contributed by atoms with Crippen molar-refractivity contribution >= 4 is 17.7 Å². The highest BCUT2D eigenvalue weighted by Gasteiger charge is 2.37. The van der Waals surface area contributed by atoms with E-state index in [9.17, 15) is 9.18 Å². The SMILES string of the molecule is CCNc1ncc2c(n1)N1CCCC1CN(Cc1cc[c]cc1F)C2=O. The Labute approximate surface area is 152 Å². The number of fused-ring (bicyclic) bond motifs is 3. The molecule has 0 saturated carbocycles. The Bertz CT molecular complexity index is 827. The van der Waals surface area contributed by atoms with Gasteiger partial charge in [-0.05, 0) is 31.9 Å². The van der Waals surface area contributed by atoms with Gasteiger partial charge in [0.05, 0.1) is 0 Å². The Morgan fingerprint density at radius 1 is 1.46 bits per heavy atom. The van der Waals surface area contributed by atoms with Crippen molar-refractivity contribution in [1.29, 1.82) is 0 Å². The summed E-state index contributed by atoms with van der Waals surface area (Å²) in [7, 11) is 0. The molecule has 7 heteroatoms. The van der Waals surface area contributed by atoms with Gasteiger partial charge >= 0.3 is 0 Å². The van der Waals surface area contributed by atoms with Gasteiger partial charge in [-0.15, -0.1) is 0 Å². The summed E-state index contributed by atoms with van der Waals surface area (Å²) in [5.41, 5.74) is 0.981. The van der Waals surface area contributed by atoms with Crippen LogP contribution in [0, 0.1) is 11.9 Å². The number of aromatic nitrogens is 2. The minimum absolute atomic E-state index is 0.148. The molecule has 26 heavy (non-hydrogen) atoms. The maximum absolute atomic E-state index is 14.1. The first-order valence-corrected chi connectivity index (χ1v) is 8.98. The number of rotatable bonds is 4. The molecule has 2 aliphatic heterocycles. The van der Waals surface area contributed by atoms with Gasteiger partial charge in [-0.2, -0.15) is 4.98 Å². The van der Waals surface area contributed by atoms with E-state index in [1.807, 2.05) is 6.92 Å². The quantitative estimate of drug-likeness (QED) is 0.914. The van der Waals surface area contributed by atoms with Crippen LogP contribution in [0.15, 0.2) is 24.4 Å². The molecule has 1 unspecified atom stereocenters.